The molecular weight excluding hydrogens is 192 g/mol. The molecule has 15 heavy (non-hydrogen) atoms. The number of hydrogen-bond acceptors (Lipinski definition) is 3. The number of aliphatic hydroxyl groups is 1. The third-order valence-corrected chi connectivity index (χ3v) is 1.87. The van der Waals surface area contributed by atoms with E-state index >= 15 is 0 Å². The van der Waals surface area contributed by atoms with Gasteiger partial charge < -0.3 is 14.6 Å². The summed E-state index contributed by atoms with van der Waals surface area (Å²) >= 11 is 0. The SMILES string of the molecule is C=C/C=C/CCC(O)C#CC1OCCO1. The molecule has 1 saturated heterocycles. The Morgan fingerprint density at radius 3 is 2.87 bits per heavy atom. The first-order valence-electron chi connectivity index (χ1n) is 5.03. The molecule has 0 aromatic carbocycles. The Balaban J connectivity index is 2.18. The fraction of sp³-hybridized carbons (Fsp3) is 0.500. The van der Waals surface area contributed by atoms with Crippen LogP contribution in [0.1, 0.15) is 12.8 Å². The Morgan fingerprint density at radius 1 is 1.47 bits per heavy atom. The van der Waals surface area contributed by atoms with Crippen molar-refractivity contribution in [1.29, 1.82) is 0 Å². The average molecular weight is 208 g/mol. The van der Waals surface area contributed by atoms with Crippen LogP contribution >= 0.6 is 0 Å². The predicted molar refractivity (Wildman–Crippen MR) is 58.0 cm³/mol. The quantitative estimate of drug-likeness (QED) is 0.558. The lowest BCUT2D eigenvalue weighted by atomic mass is 10.2. The molecule has 1 atom stereocenters. The molecule has 0 aliphatic carbocycles. The lowest BCUT2D eigenvalue weighted by molar-refractivity contribution is 0.00609. The van der Waals surface area contributed by atoms with Gasteiger partial charge in [0.15, 0.2) is 0 Å². The highest BCUT2D eigenvalue weighted by molar-refractivity contribution is 5.08. The van der Waals surface area contributed by atoms with Crippen LogP contribution in [0, 0.1) is 11.8 Å². The summed E-state index contributed by atoms with van der Waals surface area (Å²) in [5, 5.41) is 9.46. The summed E-state index contributed by atoms with van der Waals surface area (Å²) in [5.74, 6) is 5.43. The van der Waals surface area contributed by atoms with Gasteiger partial charge in [0.25, 0.3) is 0 Å². The third kappa shape index (κ3) is 5.38. The minimum Gasteiger partial charge on any atom is -0.380 e. The summed E-state index contributed by atoms with van der Waals surface area (Å²) in [7, 11) is 0. The minimum absolute atomic E-state index is 0.455. The van der Waals surface area contributed by atoms with Gasteiger partial charge in [-0.3, -0.25) is 0 Å². The number of aliphatic hydroxyl groups excluding tert-OH is 1. The first-order chi connectivity index (χ1) is 7.33. The van der Waals surface area contributed by atoms with Gasteiger partial charge in [-0.2, -0.15) is 0 Å². The van der Waals surface area contributed by atoms with E-state index in [-0.39, 0.29) is 0 Å². The smallest absolute Gasteiger partial charge is 0.222 e. The highest BCUT2D eigenvalue weighted by atomic mass is 16.7. The summed E-state index contributed by atoms with van der Waals surface area (Å²) in [4.78, 5) is 0. The molecule has 3 nitrogen and oxygen atoms in total. The summed E-state index contributed by atoms with van der Waals surface area (Å²) < 4.78 is 10.2. The second-order valence-corrected chi connectivity index (χ2v) is 3.12. The van der Waals surface area contributed by atoms with Gasteiger partial charge in [-0.25, -0.2) is 0 Å². The van der Waals surface area contributed by atoms with Gasteiger partial charge in [0.2, 0.25) is 6.29 Å². The zero-order valence-corrected chi connectivity index (χ0v) is 8.69. The summed E-state index contributed by atoms with van der Waals surface area (Å²) in [6, 6.07) is 0. The first kappa shape index (κ1) is 12.0. The van der Waals surface area contributed by atoms with Crippen LogP contribution in [0.3, 0.4) is 0 Å². The molecule has 1 N–H and O–H groups in total. The van der Waals surface area contributed by atoms with Gasteiger partial charge in [-0.05, 0) is 18.8 Å². The van der Waals surface area contributed by atoms with E-state index in [9.17, 15) is 5.11 Å². The second kappa shape index (κ2) is 7.24. The number of hydrogen-bond donors (Lipinski definition) is 1. The molecular formula is C12H16O3. The largest absolute Gasteiger partial charge is 0.380 e. The van der Waals surface area contributed by atoms with Crippen molar-refractivity contribution in [3.8, 4) is 11.8 Å². The maximum Gasteiger partial charge on any atom is 0.222 e. The van der Waals surface area contributed by atoms with E-state index in [2.05, 4.69) is 18.4 Å². The molecule has 1 unspecified atom stereocenters. The lowest BCUT2D eigenvalue weighted by Crippen LogP contribution is -2.07. The Bertz CT molecular complexity index is 266. The van der Waals surface area contributed by atoms with Crippen LogP contribution in [0.15, 0.2) is 24.8 Å². The van der Waals surface area contributed by atoms with E-state index < -0.39 is 12.4 Å². The molecule has 0 saturated carbocycles. The molecule has 0 bridgehead atoms. The number of rotatable bonds is 4. The zero-order chi connectivity index (χ0) is 10.9. The Hall–Kier alpha value is -1.08. The van der Waals surface area contributed by atoms with E-state index in [4.69, 9.17) is 9.47 Å². The summed E-state index contributed by atoms with van der Waals surface area (Å²) in [5.41, 5.74) is 0. The maximum atomic E-state index is 9.46. The fourth-order valence-electron chi connectivity index (χ4n) is 1.12. The van der Waals surface area contributed by atoms with Crippen molar-refractivity contribution in [2.24, 2.45) is 0 Å². The fourth-order valence-corrected chi connectivity index (χ4v) is 1.12. The van der Waals surface area contributed by atoms with E-state index in [0.717, 1.165) is 6.42 Å². The van der Waals surface area contributed by atoms with E-state index in [1.54, 1.807) is 6.08 Å². The van der Waals surface area contributed by atoms with Crippen molar-refractivity contribution in [2.75, 3.05) is 13.2 Å². The second-order valence-electron chi connectivity index (χ2n) is 3.12. The Morgan fingerprint density at radius 2 is 2.20 bits per heavy atom. The number of ether oxygens (including phenoxy) is 2. The average Bonchev–Trinajstić information content (AvgIpc) is 2.74. The molecule has 0 aromatic heterocycles. The van der Waals surface area contributed by atoms with E-state index in [0.29, 0.717) is 19.6 Å². The highest BCUT2D eigenvalue weighted by Crippen LogP contribution is 2.02. The molecule has 82 valence electrons. The Kier molecular flexibility index (Phi) is 5.79. The van der Waals surface area contributed by atoms with Crippen LogP contribution in [-0.2, 0) is 9.47 Å². The van der Waals surface area contributed by atoms with Crippen molar-refractivity contribution >= 4 is 0 Å². The maximum absolute atomic E-state index is 9.46. The molecule has 0 amide bonds. The summed E-state index contributed by atoms with van der Waals surface area (Å²) in [6.45, 7) is 4.72. The van der Waals surface area contributed by atoms with Crippen molar-refractivity contribution in [1.82, 2.24) is 0 Å². The van der Waals surface area contributed by atoms with Crippen LogP contribution in [0.25, 0.3) is 0 Å². The van der Waals surface area contributed by atoms with Crippen LogP contribution < -0.4 is 0 Å². The van der Waals surface area contributed by atoms with Gasteiger partial charge in [-0.1, -0.05) is 30.7 Å². The molecule has 1 fully saturated rings. The molecule has 1 aliphatic heterocycles. The molecule has 0 spiro atoms. The van der Waals surface area contributed by atoms with Crippen LogP contribution in [-0.4, -0.2) is 30.7 Å². The van der Waals surface area contributed by atoms with Gasteiger partial charge in [-0.15, -0.1) is 0 Å². The van der Waals surface area contributed by atoms with Crippen molar-refractivity contribution in [3.05, 3.63) is 24.8 Å². The van der Waals surface area contributed by atoms with E-state index in [1.165, 1.54) is 0 Å². The monoisotopic (exact) mass is 208 g/mol. The molecule has 0 aromatic rings. The van der Waals surface area contributed by atoms with E-state index in [1.807, 2.05) is 12.2 Å². The summed E-state index contributed by atoms with van der Waals surface area (Å²) in [6.07, 6.45) is 5.83. The van der Waals surface area contributed by atoms with Crippen LogP contribution in [0.4, 0.5) is 0 Å². The topological polar surface area (TPSA) is 38.7 Å². The lowest BCUT2D eigenvalue weighted by Gasteiger charge is -2.01. The molecule has 3 heteroatoms. The zero-order valence-electron chi connectivity index (χ0n) is 8.69. The third-order valence-electron chi connectivity index (χ3n) is 1.87. The molecule has 1 rings (SSSR count). The Labute approximate surface area is 90.4 Å². The standard InChI is InChI=1S/C12H16O3/c1-2-3-4-5-6-11(13)7-8-12-14-9-10-15-12/h2-4,11-13H,1,5-6,9-10H2/b4-3+. The van der Waals surface area contributed by atoms with Crippen LogP contribution in [0.5, 0.6) is 0 Å². The van der Waals surface area contributed by atoms with Crippen molar-refractivity contribution < 1.29 is 14.6 Å². The normalized spacial score (nSPS) is 18.7. The number of allylic oxidation sites excluding steroid dienone is 3. The van der Waals surface area contributed by atoms with Crippen molar-refractivity contribution in [3.63, 3.8) is 0 Å². The molecule has 1 heterocycles. The van der Waals surface area contributed by atoms with Gasteiger partial charge in [0, 0.05) is 0 Å². The van der Waals surface area contributed by atoms with Crippen molar-refractivity contribution in [2.45, 2.75) is 25.2 Å². The van der Waals surface area contributed by atoms with Gasteiger partial charge >= 0.3 is 0 Å². The molecule has 0 radical (unpaired) electrons. The van der Waals surface area contributed by atoms with Gasteiger partial charge in [0.05, 0.1) is 13.2 Å². The first-order valence-corrected chi connectivity index (χ1v) is 5.03. The predicted octanol–water partition coefficient (Wildman–Crippen LogP) is 1.25. The van der Waals surface area contributed by atoms with Gasteiger partial charge in [0.1, 0.15) is 6.10 Å². The molecule has 1 aliphatic rings. The highest BCUT2D eigenvalue weighted by Gasteiger charge is 2.12. The minimum atomic E-state index is -0.618. The van der Waals surface area contributed by atoms with Crippen LogP contribution in [0.2, 0.25) is 0 Å².